The Morgan fingerprint density at radius 1 is 1.03 bits per heavy atom. The second-order valence-corrected chi connectivity index (χ2v) is 9.18. The molecule has 33 heavy (non-hydrogen) atoms. The fourth-order valence-corrected chi connectivity index (χ4v) is 4.98. The lowest BCUT2D eigenvalue weighted by atomic mass is 9.83. The van der Waals surface area contributed by atoms with E-state index >= 15 is 0 Å². The molecule has 8 heteroatoms. The van der Waals surface area contributed by atoms with Gasteiger partial charge in [-0.05, 0) is 61.9 Å². The molecule has 2 aliphatic rings. The van der Waals surface area contributed by atoms with Crippen LogP contribution < -0.4 is 20.3 Å². The number of halogens is 1. The third-order valence-corrected chi connectivity index (χ3v) is 7.11. The van der Waals surface area contributed by atoms with E-state index in [9.17, 15) is 0 Å². The van der Waals surface area contributed by atoms with Crippen molar-refractivity contribution in [3.05, 3.63) is 24.3 Å². The summed E-state index contributed by atoms with van der Waals surface area (Å²) in [5, 5.41) is 7.10. The van der Waals surface area contributed by atoms with E-state index in [2.05, 4.69) is 37.6 Å². The van der Waals surface area contributed by atoms with E-state index in [-0.39, 0.29) is 24.0 Å². The van der Waals surface area contributed by atoms with Gasteiger partial charge < -0.3 is 25.0 Å². The van der Waals surface area contributed by atoms with Gasteiger partial charge in [0.15, 0.2) is 5.96 Å². The van der Waals surface area contributed by atoms with E-state index in [4.69, 9.17) is 9.47 Å². The number of hydrogen-bond donors (Lipinski definition) is 2. The molecule has 1 aromatic rings. The minimum absolute atomic E-state index is 0. The summed E-state index contributed by atoms with van der Waals surface area (Å²) < 4.78 is 10.6. The zero-order chi connectivity index (χ0) is 22.7. The Hall–Kier alpha value is -1.26. The lowest BCUT2D eigenvalue weighted by Crippen LogP contribution is -2.47. The summed E-state index contributed by atoms with van der Waals surface area (Å²) in [5.41, 5.74) is 1.66. The maximum atomic E-state index is 5.35. The molecule has 1 saturated heterocycles. The normalized spacial score (nSPS) is 18.6. The quantitative estimate of drug-likeness (QED) is 0.183. The number of nitrogens with one attached hydrogen (secondary N) is 2. The van der Waals surface area contributed by atoms with E-state index in [0.717, 1.165) is 77.0 Å². The first-order chi connectivity index (χ1) is 15.7. The topological polar surface area (TPSA) is 61.4 Å². The van der Waals surface area contributed by atoms with Gasteiger partial charge in [0.25, 0.3) is 0 Å². The van der Waals surface area contributed by atoms with Gasteiger partial charge in [0.05, 0.1) is 7.11 Å². The Morgan fingerprint density at radius 3 is 2.33 bits per heavy atom. The van der Waals surface area contributed by atoms with Crippen molar-refractivity contribution in [2.45, 2.75) is 38.5 Å². The molecule has 0 spiro atoms. The highest BCUT2D eigenvalue weighted by molar-refractivity contribution is 14.0. The molecule has 7 nitrogen and oxygen atoms in total. The van der Waals surface area contributed by atoms with Crippen molar-refractivity contribution >= 4 is 35.6 Å². The number of benzene rings is 1. The first kappa shape index (κ1) is 28.0. The average Bonchev–Trinajstić information content (AvgIpc) is 3.32. The first-order valence-corrected chi connectivity index (χ1v) is 12.2. The van der Waals surface area contributed by atoms with Gasteiger partial charge in [0.2, 0.25) is 0 Å². The molecule has 0 atom stereocenters. The lowest BCUT2D eigenvalue weighted by molar-refractivity contribution is 0.138. The van der Waals surface area contributed by atoms with Gasteiger partial charge >= 0.3 is 0 Å². The van der Waals surface area contributed by atoms with Crippen LogP contribution in [0.1, 0.15) is 38.5 Å². The highest BCUT2D eigenvalue weighted by Crippen LogP contribution is 2.40. The molecule has 3 rings (SSSR count). The Kier molecular flexibility index (Phi) is 12.6. The van der Waals surface area contributed by atoms with Crippen LogP contribution in [-0.2, 0) is 4.74 Å². The summed E-state index contributed by atoms with van der Waals surface area (Å²) in [5.74, 6) is 1.84. The zero-order valence-electron chi connectivity index (χ0n) is 20.8. The van der Waals surface area contributed by atoms with Crippen LogP contribution in [0.15, 0.2) is 29.3 Å². The predicted octanol–water partition coefficient (Wildman–Crippen LogP) is 3.59. The van der Waals surface area contributed by atoms with Crippen LogP contribution in [0.4, 0.5) is 5.69 Å². The molecular weight excluding hydrogens is 529 g/mol. The molecule has 1 aliphatic carbocycles. The van der Waals surface area contributed by atoms with Crippen molar-refractivity contribution in [2.24, 2.45) is 10.4 Å². The molecule has 2 N–H and O–H groups in total. The second-order valence-electron chi connectivity index (χ2n) is 9.18. The second kappa shape index (κ2) is 14.9. The van der Waals surface area contributed by atoms with Gasteiger partial charge in [-0.3, -0.25) is 9.89 Å². The summed E-state index contributed by atoms with van der Waals surface area (Å²) in [7, 11) is 5.38. The van der Waals surface area contributed by atoms with Gasteiger partial charge in [-0.15, -0.1) is 24.0 Å². The molecule has 1 aliphatic heterocycles. The minimum atomic E-state index is 0. The number of methoxy groups -OCH3 is 2. The Labute approximate surface area is 217 Å². The lowest BCUT2D eigenvalue weighted by Gasteiger charge is -2.36. The monoisotopic (exact) mass is 573 g/mol. The van der Waals surface area contributed by atoms with Crippen LogP contribution in [-0.4, -0.2) is 84.5 Å². The summed E-state index contributed by atoms with van der Waals surface area (Å²) in [6.45, 7) is 8.28. The van der Waals surface area contributed by atoms with E-state index in [1.54, 1.807) is 14.2 Å². The van der Waals surface area contributed by atoms with Gasteiger partial charge in [0, 0.05) is 65.7 Å². The van der Waals surface area contributed by atoms with Gasteiger partial charge in [-0.2, -0.15) is 0 Å². The maximum Gasteiger partial charge on any atom is 0.190 e. The molecule has 188 valence electrons. The SMILES string of the molecule is CN=C(NCCCN1CCN(c2ccc(OC)cc2)CC1)NCC1(CCOC)CCCC1.I. The predicted molar refractivity (Wildman–Crippen MR) is 148 cm³/mol. The van der Waals surface area contributed by atoms with Crippen molar-refractivity contribution in [1.29, 1.82) is 0 Å². The molecule has 1 aromatic carbocycles. The van der Waals surface area contributed by atoms with Gasteiger partial charge in [-0.1, -0.05) is 12.8 Å². The molecule has 1 heterocycles. The maximum absolute atomic E-state index is 5.35. The number of hydrogen-bond acceptors (Lipinski definition) is 5. The van der Waals surface area contributed by atoms with Crippen LogP contribution >= 0.6 is 24.0 Å². The molecule has 0 radical (unpaired) electrons. The molecule has 1 saturated carbocycles. The number of piperazine rings is 1. The van der Waals surface area contributed by atoms with E-state index < -0.39 is 0 Å². The third-order valence-electron chi connectivity index (χ3n) is 7.11. The van der Waals surface area contributed by atoms with Crippen LogP contribution in [0.3, 0.4) is 0 Å². The van der Waals surface area contributed by atoms with Crippen molar-refractivity contribution in [1.82, 2.24) is 15.5 Å². The number of ether oxygens (including phenoxy) is 2. The molecular formula is C25H44IN5O2. The number of rotatable bonds is 11. The van der Waals surface area contributed by atoms with E-state index in [1.165, 1.54) is 31.4 Å². The summed E-state index contributed by atoms with van der Waals surface area (Å²) in [4.78, 5) is 9.46. The Bertz CT molecular complexity index is 687. The highest BCUT2D eigenvalue weighted by atomic mass is 127. The standard InChI is InChI=1S/C25H43N5O2.HI/c1-26-24(28-21-25(13-20-31-2)11-4-5-12-25)27-14-6-15-29-16-18-30(19-17-29)22-7-9-23(32-3)10-8-22;/h7-10H,4-6,11-21H2,1-3H3,(H2,26,27,28);1H. The third kappa shape index (κ3) is 8.79. The fraction of sp³-hybridized carbons (Fsp3) is 0.720. The van der Waals surface area contributed by atoms with Crippen LogP contribution in [0.2, 0.25) is 0 Å². The largest absolute Gasteiger partial charge is 0.497 e. The number of nitrogens with zero attached hydrogens (tertiary/aromatic N) is 3. The van der Waals surface area contributed by atoms with E-state index in [1.807, 2.05) is 19.2 Å². The minimum Gasteiger partial charge on any atom is -0.497 e. The first-order valence-electron chi connectivity index (χ1n) is 12.2. The van der Waals surface area contributed by atoms with Crippen molar-refractivity contribution in [3.8, 4) is 5.75 Å². The molecule has 0 amide bonds. The van der Waals surface area contributed by atoms with Crippen molar-refractivity contribution in [2.75, 3.05) is 78.6 Å². The highest BCUT2D eigenvalue weighted by Gasteiger charge is 2.33. The Balaban J connectivity index is 0.00000385. The van der Waals surface area contributed by atoms with Crippen LogP contribution in [0, 0.1) is 5.41 Å². The summed E-state index contributed by atoms with van der Waals surface area (Å²) in [6, 6.07) is 8.39. The average molecular weight is 574 g/mol. The fourth-order valence-electron chi connectivity index (χ4n) is 4.98. The number of anilines is 1. The van der Waals surface area contributed by atoms with Crippen molar-refractivity contribution in [3.63, 3.8) is 0 Å². The zero-order valence-corrected chi connectivity index (χ0v) is 23.1. The van der Waals surface area contributed by atoms with Gasteiger partial charge in [0.1, 0.15) is 5.75 Å². The molecule has 0 unspecified atom stereocenters. The van der Waals surface area contributed by atoms with Gasteiger partial charge in [-0.25, -0.2) is 0 Å². The summed E-state index contributed by atoms with van der Waals surface area (Å²) in [6.07, 6.45) is 7.52. The van der Waals surface area contributed by atoms with Crippen LogP contribution in [0.5, 0.6) is 5.75 Å². The molecule has 0 bridgehead atoms. The smallest absolute Gasteiger partial charge is 0.190 e. The molecule has 0 aromatic heterocycles. The number of guanidine groups is 1. The van der Waals surface area contributed by atoms with Crippen molar-refractivity contribution < 1.29 is 9.47 Å². The van der Waals surface area contributed by atoms with E-state index in [0.29, 0.717) is 5.41 Å². The molecule has 2 fully saturated rings. The summed E-state index contributed by atoms with van der Waals surface area (Å²) >= 11 is 0. The number of aliphatic imine (C=N–C) groups is 1. The van der Waals surface area contributed by atoms with Crippen LogP contribution in [0.25, 0.3) is 0 Å². The Morgan fingerprint density at radius 2 is 1.73 bits per heavy atom.